The molecule has 2 aromatic heterocycles. The minimum Gasteiger partial charge on any atom is -0.540 e. The van der Waals surface area contributed by atoms with Crippen LogP contribution < -0.4 is 29.6 Å². The third-order valence-electron chi connectivity index (χ3n) is 19.8. The summed E-state index contributed by atoms with van der Waals surface area (Å²) in [5.41, 5.74) is 3.63. The van der Waals surface area contributed by atoms with Gasteiger partial charge < -0.3 is 58.4 Å². The first-order chi connectivity index (χ1) is 40.6. The number of amides is 4. The molecular formula is C65H84N8O12V2-2. The molecule has 4 aliphatic carbocycles. The summed E-state index contributed by atoms with van der Waals surface area (Å²) in [6, 6.07) is 7.80. The van der Waals surface area contributed by atoms with E-state index in [0.29, 0.717) is 65.4 Å². The van der Waals surface area contributed by atoms with Crippen molar-refractivity contribution in [1.29, 1.82) is 0 Å². The maximum Gasteiger partial charge on any atom is 0.408 e. The van der Waals surface area contributed by atoms with Gasteiger partial charge in [-0.1, -0.05) is 86.7 Å². The molecule has 12 atom stereocenters. The van der Waals surface area contributed by atoms with Crippen molar-refractivity contribution in [2.75, 3.05) is 27.3 Å². The van der Waals surface area contributed by atoms with E-state index < -0.39 is 59.4 Å². The van der Waals surface area contributed by atoms with Crippen LogP contribution in [0.25, 0.3) is 22.1 Å². The first-order valence-electron chi connectivity index (χ1n) is 30.9. The number of carbonyl (C=O) groups is 4. The minimum absolute atomic E-state index is 0. The van der Waals surface area contributed by atoms with E-state index >= 15 is 0 Å². The molecular weight excluding hydrogens is 1190 g/mol. The number of benzene rings is 2. The number of nitrogens with zero attached hydrogens (tertiary/aromatic N) is 6. The Morgan fingerprint density at radius 2 is 1.00 bits per heavy atom. The van der Waals surface area contributed by atoms with Gasteiger partial charge in [-0.3, -0.25) is 9.59 Å². The van der Waals surface area contributed by atoms with E-state index in [9.17, 15) is 28.8 Å². The molecule has 6 fully saturated rings. The molecule has 20 nitrogen and oxygen atoms in total. The SMILES string of the molecule is CC[C@@H]1[C@@H]2CN(C(=O)[C@H](C(C)(C)C)NC(=O)O[C@@H]3C[C@H]3C3(CCCCc4nc5ccc(OC)cc5nc4O2)CC3)[C@@H]1[C-]=O.COc1ccc2nc3c(nc2c1)O[C@H]1CN(C(=O)[C@H](C(C)(C)C)NC(=O)O[C@@H]2C[C@H]2C2(CCCC3)CC2)[C@H]([C-]=O)[C@@H]1C.[V].[V]. The Kier molecular flexibility index (Phi) is 19.7. The van der Waals surface area contributed by atoms with Crippen molar-refractivity contribution in [2.24, 2.45) is 45.3 Å². The number of ether oxygens (including phenoxy) is 6. The second-order valence-electron chi connectivity index (χ2n) is 27.6. The Morgan fingerprint density at radius 3 is 1.40 bits per heavy atom. The minimum atomic E-state index is -0.888. The summed E-state index contributed by atoms with van der Waals surface area (Å²) in [5.74, 6) is 1.60. The summed E-state index contributed by atoms with van der Waals surface area (Å²) in [5, 5.41) is 5.71. The van der Waals surface area contributed by atoms with Gasteiger partial charge in [0.1, 0.15) is 59.4 Å². The van der Waals surface area contributed by atoms with Crippen molar-refractivity contribution >= 4 is 58.6 Å². The predicted molar refractivity (Wildman–Crippen MR) is 314 cm³/mol. The molecule has 4 aromatic rings. The number of carbonyl (C=O) groups excluding carboxylic acids is 6. The van der Waals surface area contributed by atoms with E-state index in [0.717, 1.165) is 99.5 Å². The third kappa shape index (κ3) is 13.9. The Labute approximate surface area is 534 Å². The van der Waals surface area contributed by atoms with Crippen molar-refractivity contribution in [2.45, 2.75) is 200 Å². The number of aryl methyl sites for hydroxylation is 2. The Balaban J connectivity index is 0.000000203. The van der Waals surface area contributed by atoms with Crippen LogP contribution in [0.1, 0.15) is 150 Å². The molecule has 2 N–H and O–H groups in total. The fourth-order valence-corrected chi connectivity index (χ4v) is 14.1. The summed E-state index contributed by atoms with van der Waals surface area (Å²) in [4.78, 5) is 101. The molecule has 468 valence electrons. The smallest absolute Gasteiger partial charge is 0.408 e. The number of aromatic nitrogens is 4. The van der Waals surface area contributed by atoms with Gasteiger partial charge in [0, 0.05) is 61.1 Å². The van der Waals surface area contributed by atoms with Crippen LogP contribution >= 0.6 is 0 Å². The van der Waals surface area contributed by atoms with Crippen molar-refractivity contribution in [3.05, 3.63) is 47.8 Å². The maximum absolute atomic E-state index is 14.1. The second-order valence-corrected chi connectivity index (χ2v) is 27.6. The van der Waals surface area contributed by atoms with Gasteiger partial charge in [-0.05, 0) is 135 Å². The Bertz CT molecular complexity index is 3220. The van der Waals surface area contributed by atoms with Crippen molar-refractivity contribution < 1.29 is 94.3 Å². The van der Waals surface area contributed by atoms with E-state index in [1.165, 1.54) is 9.80 Å². The molecule has 4 bridgehead atoms. The summed E-state index contributed by atoms with van der Waals surface area (Å²) in [6.45, 7) is 15.5. The van der Waals surface area contributed by atoms with E-state index in [1.54, 1.807) is 14.2 Å². The van der Waals surface area contributed by atoms with Gasteiger partial charge in [-0.25, -0.2) is 42.1 Å². The average Bonchev–Trinajstić information content (AvgIpc) is 1.67. The van der Waals surface area contributed by atoms with Gasteiger partial charge in [-0.15, -0.1) is 0 Å². The number of rotatable bonds is 5. The zero-order valence-electron chi connectivity index (χ0n) is 51.9. The van der Waals surface area contributed by atoms with Crippen LogP contribution in [0.5, 0.6) is 23.3 Å². The van der Waals surface area contributed by atoms with Crippen LogP contribution in [0.4, 0.5) is 9.59 Å². The number of hydrogen-bond acceptors (Lipinski definition) is 16. The van der Waals surface area contributed by atoms with Crippen LogP contribution in [0.15, 0.2) is 36.4 Å². The van der Waals surface area contributed by atoms with Gasteiger partial charge in [0.25, 0.3) is 0 Å². The second kappa shape index (κ2) is 26.0. The number of hydrogen-bond donors (Lipinski definition) is 2. The van der Waals surface area contributed by atoms with Crippen molar-refractivity contribution in [1.82, 2.24) is 40.4 Å². The van der Waals surface area contributed by atoms with Crippen LogP contribution in [-0.4, -0.2) is 142 Å². The number of fused-ring (bicyclic) bond motifs is 12. The van der Waals surface area contributed by atoms with Crippen LogP contribution in [0, 0.1) is 45.3 Å². The number of nitrogens with one attached hydrogen (secondary N) is 2. The van der Waals surface area contributed by atoms with E-state index in [-0.39, 0.29) is 96.9 Å². The summed E-state index contributed by atoms with van der Waals surface area (Å²) in [6.07, 6.45) is 16.3. The van der Waals surface area contributed by atoms with Gasteiger partial charge in [0.15, 0.2) is 0 Å². The van der Waals surface area contributed by atoms with E-state index in [4.69, 9.17) is 48.4 Å². The predicted octanol–water partition coefficient (Wildman–Crippen LogP) is 9.14. The van der Waals surface area contributed by atoms with Gasteiger partial charge >= 0.3 is 12.2 Å². The average molecular weight is 1270 g/mol. The summed E-state index contributed by atoms with van der Waals surface area (Å²) < 4.78 is 35.6. The van der Waals surface area contributed by atoms with Crippen molar-refractivity contribution in [3.8, 4) is 23.3 Å². The molecule has 2 saturated heterocycles. The fourth-order valence-electron chi connectivity index (χ4n) is 14.1. The standard InChI is InChI=1S/C33H43N4O6.C32H41N4O6.2V/c1-6-20-25(18-38)37-17-27(20)42-29-23(34-22-11-10-19(41-5)15-24(22)35-29)9-7-8-12-33(13-14-33)21-16-26(21)43-31(40)36-28(30(37)39)32(2,3)4;1-18-24(17-37)36-16-26(18)41-28-22(33-21-10-9-19(40-5)14-23(21)34-28)8-6-7-11-32(12-13-32)20-15-25(20)42-30(39)35-27(29(36)38)31(2,3)4;;/h10-11,15,20-21,25-28H,6-9,12-14,16-17H2,1-5H3,(H,36,40);9-10,14,18,20,24-27H,6-8,11-13,15-16H2,1-5H3,(H,35,39);;/q2*-1;;/t20-,21+,25+,26+,27-,28+;18-,20+,24+,25+,26-,27+;;/m00../s1. The molecule has 2 aromatic carbocycles. The van der Waals surface area contributed by atoms with E-state index in [1.807, 2.05) is 91.8 Å². The van der Waals surface area contributed by atoms with Gasteiger partial charge in [0.2, 0.25) is 23.6 Å². The van der Waals surface area contributed by atoms with Crippen LogP contribution in [0.3, 0.4) is 0 Å². The van der Waals surface area contributed by atoms with Gasteiger partial charge in [0.05, 0.1) is 49.4 Å². The van der Waals surface area contributed by atoms with Crippen LogP contribution in [-0.2, 0) is 78.6 Å². The molecule has 22 heteroatoms. The molecule has 2 radical (unpaired) electrons. The fraction of sp³-hybridized carbons (Fsp3) is 0.662. The molecule has 87 heavy (non-hydrogen) atoms. The zero-order chi connectivity index (χ0) is 60.3. The number of methoxy groups -OCH3 is 2. The Hall–Kier alpha value is -5.69. The molecule has 12 rings (SSSR count). The molecule has 0 unspecified atom stereocenters. The molecule has 6 heterocycles. The Morgan fingerprint density at radius 1 is 0.575 bits per heavy atom. The molecule has 2 spiro atoms. The van der Waals surface area contributed by atoms with E-state index in [2.05, 4.69) is 23.2 Å². The topological polar surface area (TPSA) is 240 Å². The third-order valence-corrected chi connectivity index (χ3v) is 19.8. The summed E-state index contributed by atoms with van der Waals surface area (Å²) >= 11 is 0. The normalized spacial score (nSPS) is 30.2. The van der Waals surface area contributed by atoms with Crippen LogP contribution in [0.2, 0.25) is 0 Å². The quantitative estimate of drug-likeness (QED) is 0.177. The summed E-state index contributed by atoms with van der Waals surface area (Å²) in [7, 11) is 3.22. The van der Waals surface area contributed by atoms with Gasteiger partial charge in [-0.2, -0.15) is 0 Å². The number of alkyl carbamates (subject to hydrolysis) is 2. The zero-order valence-corrected chi connectivity index (χ0v) is 54.7. The largest absolute Gasteiger partial charge is 0.540 e. The maximum atomic E-state index is 14.1. The first kappa shape index (κ1) is 65.7. The molecule has 4 aliphatic heterocycles. The molecule has 4 saturated carbocycles. The monoisotopic (exact) mass is 1270 g/mol. The molecule has 4 amide bonds. The van der Waals surface area contributed by atoms with Crippen molar-refractivity contribution in [3.63, 3.8) is 0 Å². The molecule has 8 aliphatic rings. The first-order valence-corrected chi connectivity index (χ1v) is 30.9.